The van der Waals surface area contributed by atoms with Crippen molar-refractivity contribution >= 4 is 11.8 Å². The van der Waals surface area contributed by atoms with Crippen LogP contribution in [0.15, 0.2) is 54.6 Å². The van der Waals surface area contributed by atoms with Crippen LogP contribution in [0, 0.1) is 0 Å². The van der Waals surface area contributed by atoms with Crippen LogP contribution in [-0.4, -0.2) is 35.9 Å². The number of hydrogen-bond acceptors (Lipinski definition) is 3. The molecule has 0 unspecified atom stereocenters. The second-order valence-electron chi connectivity index (χ2n) is 6.44. The Morgan fingerprint density at radius 2 is 1.65 bits per heavy atom. The number of carbonyl (C=O) groups excluding carboxylic acids is 2. The number of nitrogens with zero attached hydrogens (tertiary/aromatic N) is 1. The first-order valence-electron chi connectivity index (χ1n) is 8.84. The van der Waals surface area contributed by atoms with Gasteiger partial charge in [0.1, 0.15) is 5.75 Å². The summed E-state index contributed by atoms with van der Waals surface area (Å²) >= 11 is 0. The lowest BCUT2D eigenvalue weighted by atomic mass is 10.1. The lowest BCUT2D eigenvalue weighted by Gasteiger charge is -2.22. The van der Waals surface area contributed by atoms with Crippen molar-refractivity contribution in [2.75, 3.05) is 13.1 Å². The Bertz CT molecular complexity index is 712. The fourth-order valence-electron chi connectivity index (χ4n) is 2.60. The zero-order chi connectivity index (χ0) is 18.9. The van der Waals surface area contributed by atoms with E-state index in [0.717, 1.165) is 17.7 Å². The highest BCUT2D eigenvalue weighted by Gasteiger charge is 2.16. The summed E-state index contributed by atoms with van der Waals surface area (Å²) in [6, 6.07) is 17.0. The Morgan fingerprint density at radius 3 is 2.23 bits per heavy atom. The van der Waals surface area contributed by atoms with Gasteiger partial charge in [0.15, 0.2) is 0 Å². The summed E-state index contributed by atoms with van der Waals surface area (Å²) in [5.41, 5.74) is 6.97. The summed E-state index contributed by atoms with van der Waals surface area (Å²) in [6.45, 7) is 4.74. The summed E-state index contributed by atoms with van der Waals surface area (Å²) in [4.78, 5) is 25.7. The van der Waals surface area contributed by atoms with Gasteiger partial charge >= 0.3 is 0 Å². The van der Waals surface area contributed by atoms with Crippen molar-refractivity contribution in [3.05, 3.63) is 65.7 Å². The molecule has 0 saturated heterocycles. The predicted octanol–water partition coefficient (Wildman–Crippen LogP) is 3.03. The minimum Gasteiger partial charge on any atom is -0.491 e. The topological polar surface area (TPSA) is 72.6 Å². The largest absolute Gasteiger partial charge is 0.491 e. The second-order valence-corrected chi connectivity index (χ2v) is 6.44. The Hall–Kier alpha value is -2.82. The Morgan fingerprint density at radius 1 is 1.00 bits per heavy atom. The van der Waals surface area contributed by atoms with Crippen molar-refractivity contribution in [1.82, 2.24) is 4.90 Å². The van der Waals surface area contributed by atoms with Gasteiger partial charge in [-0.2, -0.15) is 0 Å². The first kappa shape index (κ1) is 19.5. The van der Waals surface area contributed by atoms with Crippen LogP contribution >= 0.6 is 0 Å². The molecule has 0 aliphatic carbocycles. The molecule has 0 aromatic heterocycles. The second kappa shape index (κ2) is 9.61. The van der Waals surface area contributed by atoms with Crippen molar-refractivity contribution in [2.45, 2.75) is 32.8 Å². The maximum atomic E-state index is 12.8. The fourth-order valence-corrected chi connectivity index (χ4v) is 2.60. The molecule has 2 aromatic carbocycles. The molecule has 0 aliphatic rings. The number of amides is 2. The van der Waals surface area contributed by atoms with Crippen LogP contribution in [-0.2, 0) is 11.2 Å². The molecule has 0 aliphatic heterocycles. The van der Waals surface area contributed by atoms with Crippen molar-refractivity contribution in [1.29, 1.82) is 0 Å². The number of hydrogen-bond donors (Lipinski definition) is 1. The van der Waals surface area contributed by atoms with E-state index in [1.807, 2.05) is 44.2 Å². The first-order chi connectivity index (χ1) is 12.5. The van der Waals surface area contributed by atoms with Crippen molar-refractivity contribution in [3.8, 4) is 5.75 Å². The van der Waals surface area contributed by atoms with Crippen molar-refractivity contribution in [3.63, 3.8) is 0 Å². The van der Waals surface area contributed by atoms with Crippen LogP contribution < -0.4 is 10.5 Å². The van der Waals surface area contributed by atoms with Crippen LogP contribution in [0.2, 0.25) is 0 Å². The summed E-state index contributed by atoms with van der Waals surface area (Å²) in [6.07, 6.45) is 0.948. The maximum absolute atomic E-state index is 12.8. The van der Waals surface area contributed by atoms with E-state index in [1.165, 1.54) is 0 Å². The molecule has 0 fully saturated rings. The molecule has 0 bridgehead atoms. The molecule has 26 heavy (non-hydrogen) atoms. The van der Waals surface area contributed by atoms with Gasteiger partial charge in [-0.15, -0.1) is 0 Å². The average molecular weight is 354 g/mol. The zero-order valence-corrected chi connectivity index (χ0v) is 15.4. The third kappa shape index (κ3) is 6.24. The lowest BCUT2D eigenvalue weighted by molar-refractivity contribution is -0.118. The van der Waals surface area contributed by atoms with Gasteiger partial charge in [-0.25, -0.2) is 0 Å². The van der Waals surface area contributed by atoms with Gasteiger partial charge in [0.25, 0.3) is 5.91 Å². The fraction of sp³-hybridized carbons (Fsp3) is 0.333. The minimum atomic E-state index is -0.414. The van der Waals surface area contributed by atoms with Gasteiger partial charge in [0.05, 0.1) is 6.10 Å². The van der Waals surface area contributed by atoms with Crippen molar-refractivity contribution in [2.24, 2.45) is 5.73 Å². The quantitative estimate of drug-likeness (QED) is 0.752. The standard InChI is InChI=1S/C21H26N2O3/c1-16(2)26-19-10-8-18(9-11-19)21(25)23(15-13-20(22)24)14-12-17-6-4-3-5-7-17/h3-11,16H,12-15H2,1-2H3,(H2,22,24). The number of ether oxygens (including phenoxy) is 1. The molecule has 5 nitrogen and oxygen atoms in total. The van der Waals surface area contributed by atoms with Gasteiger partial charge in [-0.1, -0.05) is 30.3 Å². The van der Waals surface area contributed by atoms with Gasteiger partial charge in [-0.3, -0.25) is 9.59 Å². The number of carbonyl (C=O) groups is 2. The average Bonchev–Trinajstić information content (AvgIpc) is 2.62. The molecule has 0 saturated carbocycles. The smallest absolute Gasteiger partial charge is 0.253 e. The van der Waals surface area contributed by atoms with Crippen LogP contribution in [0.3, 0.4) is 0 Å². The molecular weight excluding hydrogens is 328 g/mol. The molecule has 2 amide bonds. The third-order valence-electron chi connectivity index (χ3n) is 3.90. The molecular formula is C21H26N2O3. The van der Waals surface area contributed by atoms with E-state index in [4.69, 9.17) is 10.5 Å². The first-order valence-corrected chi connectivity index (χ1v) is 8.84. The van der Waals surface area contributed by atoms with E-state index >= 15 is 0 Å². The predicted molar refractivity (Wildman–Crippen MR) is 102 cm³/mol. The number of rotatable bonds is 9. The monoisotopic (exact) mass is 354 g/mol. The Kier molecular flexibility index (Phi) is 7.21. The van der Waals surface area contributed by atoms with Crippen LogP contribution in [0.25, 0.3) is 0 Å². The third-order valence-corrected chi connectivity index (χ3v) is 3.90. The Balaban J connectivity index is 2.07. The highest BCUT2D eigenvalue weighted by atomic mass is 16.5. The van der Waals surface area contributed by atoms with Gasteiger partial charge < -0.3 is 15.4 Å². The van der Waals surface area contributed by atoms with E-state index in [2.05, 4.69) is 0 Å². The van der Waals surface area contributed by atoms with Crippen molar-refractivity contribution < 1.29 is 14.3 Å². The molecule has 0 spiro atoms. The molecule has 2 N–H and O–H groups in total. The van der Waals surface area contributed by atoms with Crippen LogP contribution in [0.4, 0.5) is 0 Å². The maximum Gasteiger partial charge on any atom is 0.253 e. The summed E-state index contributed by atoms with van der Waals surface area (Å²) < 4.78 is 5.61. The van der Waals surface area contributed by atoms with Gasteiger partial charge in [-0.05, 0) is 50.1 Å². The summed E-state index contributed by atoms with van der Waals surface area (Å²) in [7, 11) is 0. The Labute approximate surface area is 154 Å². The van der Waals surface area contributed by atoms with E-state index in [-0.39, 0.29) is 18.4 Å². The molecule has 0 radical (unpaired) electrons. The number of benzene rings is 2. The molecule has 2 rings (SSSR count). The summed E-state index contributed by atoms with van der Waals surface area (Å²) in [5, 5.41) is 0. The minimum absolute atomic E-state index is 0.0782. The van der Waals surface area contributed by atoms with E-state index < -0.39 is 5.91 Å². The zero-order valence-electron chi connectivity index (χ0n) is 15.4. The lowest BCUT2D eigenvalue weighted by Crippen LogP contribution is -2.35. The molecule has 5 heteroatoms. The molecule has 0 atom stereocenters. The highest BCUT2D eigenvalue weighted by Crippen LogP contribution is 2.16. The molecule has 2 aromatic rings. The highest BCUT2D eigenvalue weighted by molar-refractivity contribution is 5.94. The SMILES string of the molecule is CC(C)Oc1ccc(C(=O)N(CCC(N)=O)CCc2ccccc2)cc1. The number of primary amides is 1. The summed E-state index contributed by atoms with van der Waals surface area (Å²) in [5.74, 6) is 0.200. The normalized spacial score (nSPS) is 10.6. The van der Waals surface area contributed by atoms with E-state index in [0.29, 0.717) is 18.7 Å². The van der Waals surface area contributed by atoms with E-state index in [1.54, 1.807) is 29.2 Å². The van der Waals surface area contributed by atoms with Gasteiger partial charge in [0, 0.05) is 25.1 Å². The van der Waals surface area contributed by atoms with Gasteiger partial charge in [0.2, 0.25) is 5.91 Å². The number of nitrogens with two attached hydrogens (primary N) is 1. The van der Waals surface area contributed by atoms with Crippen LogP contribution in [0.1, 0.15) is 36.2 Å². The molecule has 138 valence electrons. The molecule has 0 heterocycles. The van der Waals surface area contributed by atoms with E-state index in [9.17, 15) is 9.59 Å². The van der Waals surface area contributed by atoms with Crippen LogP contribution in [0.5, 0.6) is 5.75 Å².